The second kappa shape index (κ2) is 10.3. The van der Waals surface area contributed by atoms with Crippen LogP contribution in [0.4, 0.5) is 9.59 Å². The molecule has 2 atom stereocenters. The minimum atomic E-state index is -0.613. The highest BCUT2D eigenvalue weighted by Crippen LogP contribution is 2.21. The Kier molecular flexibility index (Phi) is 8.11. The molecule has 0 aliphatic carbocycles. The fraction of sp³-hybridized carbons (Fsp3) is 0.619. The van der Waals surface area contributed by atoms with Crippen LogP contribution in [-0.2, 0) is 20.8 Å². The van der Waals surface area contributed by atoms with Gasteiger partial charge in [-0.15, -0.1) is 0 Å². The van der Waals surface area contributed by atoms with Crippen LogP contribution in [0.1, 0.15) is 45.6 Å². The number of nitrogens with one attached hydrogen (secondary N) is 1. The quantitative estimate of drug-likeness (QED) is 0.743. The van der Waals surface area contributed by atoms with Crippen molar-refractivity contribution < 1.29 is 23.8 Å². The number of ether oxygens (including phenoxy) is 3. The lowest BCUT2D eigenvalue weighted by molar-refractivity contribution is 0.00643. The van der Waals surface area contributed by atoms with E-state index in [4.69, 9.17) is 14.2 Å². The molecule has 1 aliphatic heterocycles. The van der Waals surface area contributed by atoms with Crippen molar-refractivity contribution in [1.82, 2.24) is 10.2 Å². The first-order valence-corrected chi connectivity index (χ1v) is 9.75. The third-order valence-electron chi connectivity index (χ3n) is 4.46. The van der Waals surface area contributed by atoms with Gasteiger partial charge in [-0.05, 0) is 51.5 Å². The second-order valence-electron chi connectivity index (χ2n) is 8.13. The van der Waals surface area contributed by atoms with E-state index in [0.29, 0.717) is 13.0 Å². The molecule has 1 heterocycles. The van der Waals surface area contributed by atoms with Crippen LogP contribution in [-0.4, -0.2) is 49.1 Å². The van der Waals surface area contributed by atoms with Crippen molar-refractivity contribution in [2.24, 2.45) is 5.92 Å². The SMILES string of the molecule is CN(C(=O)OC(C)(C)C)C(CC1CCCOC1)NC(=O)OCc1ccccc1. The average molecular weight is 392 g/mol. The van der Waals surface area contributed by atoms with Gasteiger partial charge in [-0.25, -0.2) is 9.59 Å². The van der Waals surface area contributed by atoms with E-state index in [1.807, 2.05) is 51.1 Å². The molecule has 1 aromatic rings. The Bertz CT molecular complexity index is 623. The summed E-state index contributed by atoms with van der Waals surface area (Å²) < 4.78 is 16.3. The zero-order valence-corrected chi connectivity index (χ0v) is 17.3. The number of benzene rings is 1. The molecule has 0 saturated carbocycles. The summed E-state index contributed by atoms with van der Waals surface area (Å²) in [6.07, 6.45) is 0.963. The molecule has 1 aromatic carbocycles. The van der Waals surface area contributed by atoms with Crippen molar-refractivity contribution in [3.63, 3.8) is 0 Å². The van der Waals surface area contributed by atoms with Crippen molar-refractivity contribution in [3.8, 4) is 0 Å². The number of nitrogens with zero attached hydrogens (tertiary/aromatic N) is 1. The molecular weight excluding hydrogens is 360 g/mol. The summed E-state index contributed by atoms with van der Waals surface area (Å²) in [7, 11) is 1.62. The van der Waals surface area contributed by atoms with Gasteiger partial charge in [0, 0.05) is 20.3 Å². The predicted octanol–water partition coefficient (Wildman–Crippen LogP) is 3.92. The molecule has 1 N–H and O–H groups in total. The molecule has 28 heavy (non-hydrogen) atoms. The highest BCUT2D eigenvalue weighted by Gasteiger charge is 2.29. The molecule has 156 valence electrons. The van der Waals surface area contributed by atoms with Crippen LogP contribution in [0.3, 0.4) is 0 Å². The van der Waals surface area contributed by atoms with Gasteiger partial charge in [0.25, 0.3) is 0 Å². The van der Waals surface area contributed by atoms with Crippen molar-refractivity contribution >= 4 is 12.2 Å². The lowest BCUT2D eigenvalue weighted by Gasteiger charge is -2.34. The van der Waals surface area contributed by atoms with E-state index in [9.17, 15) is 9.59 Å². The molecule has 0 spiro atoms. The van der Waals surface area contributed by atoms with Gasteiger partial charge in [0.15, 0.2) is 0 Å². The van der Waals surface area contributed by atoms with E-state index in [1.54, 1.807) is 7.05 Å². The second-order valence-corrected chi connectivity index (χ2v) is 8.13. The first-order valence-electron chi connectivity index (χ1n) is 9.75. The van der Waals surface area contributed by atoms with Crippen molar-refractivity contribution in [1.29, 1.82) is 0 Å². The van der Waals surface area contributed by atoms with Crippen molar-refractivity contribution in [2.45, 2.75) is 58.4 Å². The van der Waals surface area contributed by atoms with Crippen LogP contribution in [0.5, 0.6) is 0 Å². The number of alkyl carbamates (subject to hydrolysis) is 1. The molecule has 1 fully saturated rings. The van der Waals surface area contributed by atoms with Gasteiger partial charge >= 0.3 is 12.2 Å². The molecule has 1 aliphatic rings. The summed E-state index contributed by atoms with van der Waals surface area (Å²) in [6, 6.07) is 9.45. The molecule has 1 saturated heterocycles. The summed E-state index contributed by atoms with van der Waals surface area (Å²) in [4.78, 5) is 26.2. The summed E-state index contributed by atoms with van der Waals surface area (Å²) >= 11 is 0. The first kappa shape index (κ1) is 22.0. The molecule has 7 heteroatoms. The highest BCUT2D eigenvalue weighted by molar-refractivity contribution is 5.71. The predicted molar refractivity (Wildman–Crippen MR) is 106 cm³/mol. The van der Waals surface area contributed by atoms with Crippen LogP contribution in [0.15, 0.2) is 30.3 Å². The van der Waals surface area contributed by atoms with Crippen LogP contribution < -0.4 is 5.32 Å². The third-order valence-corrected chi connectivity index (χ3v) is 4.46. The van der Waals surface area contributed by atoms with Crippen LogP contribution in [0.25, 0.3) is 0 Å². The Morgan fingerprint density at radius 3 is 2.61 bits per heavy atom. The Labute approximate surface area is 167 Å². The zero-order chi connectivity index (χ0) is 20.6. The average Bonchev–Trinajstić information content (AvgIpc) is 2.65. The van der Waals surface area contributed by atoms with Gasteiger partial charge in [0.05, 0.1) is 0 Å². The molecule has 0 bridgehead atoms. The Morgan fingerprint density at radius 2 is 2.00 bits per heavy atom. The largest absolute Gasteiger partial charge is 0.445 e. The lowest BCUT2D eigenvalue weighted by atomic mass is 9.96. The molecular formula is C21H32N2O5. The molecule has 2 amide bonds. The standard InChI is InChI=1S/C21H32N2O5/c1-21(2,3)28-20(25)23(4)18(13-17-11-8-12-26-14-17)22-19(24)27-15-16-9-6-5-7-10-16/h5-7,9-10,17-18H,8,11-15H2,1-4H3,(H,22,24). The molecule has 0 radical (unpaired) electrons. The smallest absolute Gasteiger partial charge is 0.411 e. The molecule has 2 unspecified atom stereocenters. The topological polar surface area (TPSA) is 77.1 Å². The molecule has 2 rings (SSSR count). The van der Waals surface area contributed by atoms with Gasteiger partial charge in [-0.2, -0.15) is 0 Å². The Balaban J connectivity index is 1.97. The number of carbonyl (C=O) groups excluding carboxylic acids is 2. The normalized spacial score (nSPS) is 18.1. The maximum absolute atomic E-state index is 12.5. The maximum Gasteiger partial charge on any atom is 0.411 e. The monoisotopic (exact) mass is 392 g/mol. The first-order chi connectivity index (χ1) is 13.2. The summed E-state index contributed by atoms with van der Waals surface area (Å²) in [5.41, 5.74) is 0.285. The number of rotatable bonds is 6. The van der Waals surface area contributed by atoms with Gasteiger partial charge in [0.2, 0.25) is 0 Å². The van der Waals surface area contributed by atoms with E-state index in [0.717, 1.165) is 25.0 Å². The fourth-order valence-corrected chi connectivity index (χ4v) is 2.98. The number of amides is 2. The molecule has 0 aromatic heterocycles. The van der Waals surface area contributed by atoms with Gasteiger partial charge in [0.1, 0.15) is 18.4 Å². The zero-order valence-electron chi connectivity index (χ0n) is 17.3. The summed E-state index contributed by atoms with van der Waals surface area (Å²) in [5.74, 6) is 0.262. The maximum atomic E-state index is 12.5. The third kappa shape index (κ3) is 7.76. The Hall–Kier alpha value is -2.28. The van der Waals surface area contributed by atoms with Crippen molar-refractivity contribution in [2.75, 3.05) is 20.3 Å². The van der Waals surface area contributed by atoms with Gasteiger partial charge < -0.3 is 19.5 Å². The van der Waals surface area contributed by atoms with Gasteiger partial charge in [-0.3, -0.25) is 4.90 Å². The van der Waals surface area contributed by atoms with E-state index >= 15 is 0 Å². The highest BCUT2D eigenvalue weighted by atomic mass is 16.6. The van der Waals surface area contributed by atoms with Crippen LogP contribution in [0, 0.1) is 5.92 Å². The summed E-state index contributed by atoms with van der Waals surface area (Å²) in [6.45, 7) is 6.98. The summed E-state index contributed by atoms with van der Waals surface area (Å²) in [5, 5.41) is 2.81. The Morgan fingerprint density at radius 1 is 1.29 bits per heavy atom. The van der Waals surface area contributed by atoms with E-state index < -0.39 is 24.0 Å². The number of hydrogen-bond donors (Lipinski definition) is 1. The number of hydrogen-bond acceptors (Lipinski definition) is 5. The van der Waals surface area contributed by atoms with E-state index in [1.165, 1.54) is 4.90 Å². The van der Waals surface area contributed by atoms with Crippen LogP contribution >= 0.6 is 0 Å². The van der Waals surface area contributed by atoms with E-state index in [-0.39, 0.29) is 12.5 Å². The minimum Gasteiger partial charge on any atom is -0.445 e. The van der Waals surface area contributed by atoms with Crippen molar-refractivity contribution in [3.05, 3.63) is 35.9 Å². The van der Waals surface area contributed by atoms with E-state index in [2.05, 4.69) is 5.32 Å². The van der Waals surface area contributed by atoms with Crippen LogP contribution in [0.2, 0.25) is 0 Å². The fourth-order valence-electron chi connectivity index (χ4n) is 2.98. The number of carbonyl (C=O) groups is 2. The lowest BCUT2D eigenvalue weighted by Crippen LogP contribution is -2.51. The minimum absolute atomic E-state index is 0.169. The molecule has 7 nitrogen and oxygen atoms in total. The van der Waals surface area contributed by atoms with Gasteiger partial charge in [-0.1, -0.05) is 30.3 Å².